The van der Waals surface area contributed by atoms with Crippen molar-refractivity contribution in [3.63, 3.8) is 0 Å². The van der Waals surface area contributed by atoms with Crippen molar-refractivity contribution in [2.45, 2.75) is 82.2 Å². The fourth-order valence-corrected chi connectivity index (χ4v) is 6.35. The molecule has 0 N–H and O–H groups in total. The van der Waals surface area contributed by atoms with Crippen LogP contribution in [0.15, 0.2) is 0 Å². The molecule has 3 aliphatic heterocycles. The van der Waals surface area contributed by atoms with Crippen LogP contribution in [0.4, 0.5) is 0 Å². The zero-order valence-corrected chi connectivity index (χ0v) is 10.9. The van der Waals surface area contributed by atoms with E-state index < -0.39 is 0 Å². The van der Waals surface area contributed by atoms with Gasteiger partial charge in [0.05, 0.1) is 0 Å². The lowest BCUT2D eigenvalue weighted by atomic mass is 9.04. The minimum absolute atomic E-state index is 0.730. The molecule has 0 spiro atoms. The first-order valence-corrected chi connectivity index (χ1v) is 6.93. The van der Waals surface area contributed by atoms with Crippen LogP contribution >= 0.6 is 0 Å². The maximum Gasteiger partial charge on any atom is 0.159 e. The van der Waals surface area contributed by atoms with Crippen molar-refractivity contribution in [2.75, 3.05) is 0 Å². The van der Waals surface area contributed by atoms with Gasteiger partial charge in [-0.05, 0) is 11.2 Å². The van der Waals surface area contributed by atoms with Crippen LogP contribution in [0.1, 0.15) is 66.2 Å². The predicted octanol–water partition coefficient (Wildman–Crippen LogP) is 4.78. The number of hydrogen-bond donors (Lipinski definition) is 0. The first kappa shape index (κ1) is 10.2. The summed E-state index contributed by atoms with van der Waals surface area (Å²) in [5.74, 6) is 0.907. The van der Waals surface area contributed by atoms with Crippen LogP contribution in [-0.4, -0.2) is 6.71 Å². The summed E-state index contributed by atoms with van der Waals surface area (Å²) in [5.41, 5.74) is 0. The van der Waals surface area contributed by atoms with Gasteiger partial charge in [-0.2, -0.15) is 0 Å². The van der Waals surface area contributed by atoms with Gasteiger partial charge in [0.1, 0.15) is 0 Å². The Morgan fingerprint density at radius 1 is 0.933 bits per heavy atom. The molecule has 0 nitrogen and oxygen atoms in total. The average molecular weight is 204 g/mol. The zero-order chi connectivity index (χ0) is 10.9. The third-order valence-electron chi connectivity index (χ3n) is 6.48. The van der Waals surface area contributed by atoms with E-state index in [0.29, 0.717) is 0 Å². The molecule has 0 saturated carbocycles. The van der Waals surface area contributed by atoms with Gasteiger partial charge < -0.3 is 0 Å². The fraction of sp³-hybridized carbons (Fsp3) is 1.00. The van der Waals surface area contributed by atoms with E-state index in [-0.39, 0.29) is 0 Å². The maximum atomic E-state index is 2.58. The molecule has 3 atom stereocenters. The zero-order valence-electron chi connectivity index (χ0n) is 10.9. The predicted molar refractivity (Wildman–Crippen MR) is 67.7 cm³/mol. The van der Waals surface area contributed by atoms with Gasteiger partial charge >= 0.3 is 0 Å². The van der Waals surface area contributed by atoms with E-state index in [1.165, 1.54) is 38.5 Å². The van der Waals surface area contributed by atoms with Crippen LogP contribution in [0.3, 0.4) is 0 Å². The molecule has 3 saturated heterocycles. The van der Waals surface area contributed by atoms with Gasteiger partial charge in [-0.1, -0.05) is 76.8 Å². The third-order valence-corrected chi connectivity index (χ3v) is 6.48. The number of hydrogen-bond acceptors (Lipinski definition) is 0. The SMILES string of the molecule is CC(C)C12CCCC3(C)CC(C)(CC1)B32. The van der Waals surface area contributed by atoms with Crippen molar-refractivity contribution in [2.24, 2.45) is 5.92 Å². The lowest BCUT2D eigenvalue weighted by molar-refractivity contribution is 0.267. The second-order valence-electron chi connectivity index (χ2n) is 7.66. The van der Waals surface area contributed by atoms with Gasteiger partial charge in [0.25, 0.3) is 0 Å². The Morgan fingerprint density at radius 2 is 1.60 bits per heavy atom. The Hall–Kier alpha value is 0.0649. The van der Waals surface area contributed by atoms with Gasteiger partial charge in [0, 0.05) is 0 Å². The molecule has 3 heterocycles. The molecule has 3 rings (SSSR count). The Bertz CT molecular complexity index is 298. The highest BCUT2D eigenvalue weighted by Crippen LogP contribution is 2.82. The summed E-state index contributed by atoms with van der Waals surface area (Å²) in [6.07, 6.45) is 9.12. The Morgan fingerprint density at radius 3 is 2.20 bits per heavy atom. The third kappa shape index (κ3) is 1.01. The fourth-order valence-electron chi connectivity index (χ4n) is 6.35. The molecule has 0 bridgehead atoms. The molecule has 0 aromatic rings. The summed E-state index contributed by atoms with van der Waals surface area (Å²) in [7, 11) is 0. The van der Waals surface area contributed by atoms with E-state index in [1.807, 2.05) is 0 Å². The molecule has 0 aromatic heterocycles. The van der Waals surface area contributed by atoms with E-state index in [1.54, 1.807) is 0 Å². The molecule has 1 heteroatoms. The summed E-state index contributed by atoms with van der Waals surface area (Å²) in [6.45, 7) is 11.2. The van der Waals surface area contributed by atoms with Crippen LogP contribution in [-0.2, 0) is 0 Å². The van der Waals surface area contributed by atoms with E-state index in [9.17, 15) is 0 Å². The van der Waals surface area contributed by atoms with E-state index in [0.717, 1.165) is 28.6 Å². The molecule has 3 fully saturated rings. The van der Waals surface area contributed by atoms with E-state index in [2.05, 4.69) is 27.7 Å². The lowest BCUT2D eigenvalue weighted by Crippen LogP contribution is -2.58. The van der Waals surface area contributed by atoms with Crippen molar-refractivity contribution in [1.29, 1.82) is 0 Å². The highest BCUT2D eigenvalue weighted by atomic mass is 14.6. The molecule has 0 aliphatic carbocycles. The maximum absolute atomic E-state index is 2.58. The molecule has 0 aromatic carbocycles. The standard InChI is InChI=1S/C14H25B/c1-11(2)14-7-5-6-12(3)10-13(4,8-9-14)15(12)14/h11H,5-10H2,1-4H3. The largest absolute Gasteiger partial charge is 0.159 e. The van der Waals surface area contributed by atoms with Crippen molar-refractivity contribution < 1.29 is 0 Å². The smallest absolute Gasteiger partial charge is 0.0662 e. The molecule has 3 unspecified atom stereocenters. The van der Waals surface area contributed by atoms with Gasteiger partial charge in [0.2, 0.25) is 0 Å². The Kier molecular flexibility index (Phi) is 1.81. The van der Waals surface area contributed by atoms with E-state index in [4.69, 9.17) is 0 Å². The van der Waals surface area contributed by atoms with Crippen molar-refractivity contribution >= 4 is 6.71 Å². The van der Waals surface area contributed by atoms with Crippen LogP contribution in [0.2, 0.25) is 15.9 Å². The van der Waals surface area contributed by atoms with Crippen molar-refractivity contribution in [3.8, 4) is 0 Å². The van der Waals surface area contributed by atoms with Crippen molar-refractivity contribution in [3.05, 3.63) is 0 Å². The Balaban J connectivity index is 2.03. The summed E-state index contributed by atoms with van der Waals surface area (Å²) >= 11 is 0. The lowest BCUT2D eigenvalue weighted by Gasteiger charge is -2.64. The first-order chi connectivity index (χ1) is 6.93. The molecule has 0 amide bonds. The monoisotopic (exact) mass is 204 g/mol. The van der Waals surface area contributed by atoms with Gasteiger partial charge in [-0.25, -0.2) is 0 Å². The van der Waals surface area contributed by atoms with Crippen LogP contribution in [0, 0.1) is 5.92 Å². The molecule has 0 radical (unpaired) electrons. The number of rotatable bonds is 1. The quantitative estimate of drug-likeness (QED) is 0.539. The molecule has 3 aliphatic rings. The van der Waals surface area contributed by atoms with Gasteiger partial charge in [-0.3, -0.25) is 0 Å². The van der Waals surface area contributed by atoms with Crippen LogP contribution in [0.5, 0.6) is 0 Å². The molecule has 15 heavy (non-hydrogen) atoms. The van der Waals surface area contributed by atoms with Crippen LogP contribution in [0.25, 0.3) is 0 Å². The van der Waals surface area contributed by atoms with Crippen LogP contribution < -0.4 is 0 Å². The molecular formula is C14H25B. The molecular weight excluding hydrogens is 179 g/mol. The molecule has 84 valence electrons. The highest BCUT2D eigenvalue weighted by molar-refractivity contribution is 6.73. The second-order valence-corrected chi connectivity index (χ2v) is 7.66. The Labute approximate surface area is 95.3 Å². The van der Waals surface area contributed by atoms with E-state index >= 15 is 0 Å². The summed E-state index contributed by atoms with van der Waals surface area (Å²) in [6, 6.07) is 0. The topological polar surface area (TPSA) is 0 Å². The summed E-state index contributed by atoms with van der Waals surface area (Å²) < 4.78 is 0. The summed E-state index contributed by atoms with van der Waals surface area (Å²) in [5, 5.41) is 2.20. The minimum atomic E-state index is 0.730. The second kappa shape index (κ2) is 2.66. The average Bonchev–Trinajstić information content (AvgIpc) is 2.39. The first-order valence-electron chi connectivity index (χ1n) is 6.93. The normalized spacial score (nSPS) is 53.0. The summed E-state index contributed by atoms with van der Waals surface area (Å²) in [4.78, 5) is 0. The van der Waals surface area contributed by atoms with Gasteiger partial charge in [0.15, 0.2) is 6.71 Å². The highest BCUT2D eigenvalue weighted by Gasteiger charge is 2.72. The van der Waals surface area contributed by atoms with Gasteiger partial charge in [-0.15, -0.1) is 0 Å². The minimum Gasteiger partial charge on any atom is -0.0662 e. The van der Waals surface area contributed by atoms with Crippen molar-refractivity contribution in [1.82, 2.24) is 0 Å².